The van der Waals surface area contributed by atoms with Crippen LogP contribution >= 0.6 is 0 Å². The second kappa shape index (κ2) is 7.10. The molecule has 136 valence electrons. The summed E-state index contributed by atoms with van der Waals surface area (Å²) < 4.78 is 38.2. The number of halogens is 2. The zero-order valence-electron chi connectivity index (χ0n) is 14.3. The zero-order valence-corrected chi connectivity index (χ0v) is 14.3. The standard InChI is InChI=1S/C19H22F2O4/c1-24-18-15(20)8-12(9-16(18)21)6-7-19(13-4-2-3-5-13)11-14(22)10-17(23)25-19/h8-9,13H,2-7,10-11H2,1H3. The van der Waals surface area contributed by atoms with Gasteiger partial charge in [0, 0.05) is 6.42 Å². The van der Waals surface area contributed by atoms with Crippen LogP contribution in [-0.2, 0) is 20.7 Å². The topological polar surface area (TPSA) is 52.6 Å². The summed E-state index contributed by atoms with van der Waals surface area (Å²) in [6, 6.07) is 2.47. The van der Waals surface area contributed by atoms with E-state index >= 15 is 0 Å². The van der Waals surface area contributed by atoms with Gasteiger partial charge in [-0.2, -0.15) is 0 Å². The van der Waals surface area contributed by atoms with Crippen molar-refractivity contribution in [1.82, 2.24) is 0 Å². The summed E-state index contributed by atoms with van der Waals surface area (Å²) in [6.07, 6.45) is 4.64. The minimum atomic E-state index is -0.838. The number of hydrogen-bond donors (Lipinski definition) is 0. The summed E-state index contributed by atoms with van der Waals surface area (Å²) in [5.41, 5.74) is -0.377. The van der Waals surface area contributed by atoms with Crippen molar-refractivity contribution in [3.05, 3.63) is 29.3 Å². The van der Waals surface area contributed by atoms with Gasteiger partial charge in [0.05, 0.1) is 7.11 Å². The fraction of sp³-hybridized carbons (Fsp3) is 0.579. The van der Waals surface area contributed by atoms with Gasteiger partial charge in [-0.3, -0.25) is 9.59 Å². The molecule has 25 heavy (non-hydrogen) atoms. The number of carbonyl (C=O) groups is 2. The number of rotatable bonds is 5. The fourth-order valence-corrected chi connectivity index (χ4v) is 4.19. The average molecular weight is 352 g/mol. The molecule has 0 radical (unpaired) electrons. The van der Waals surface area contributed by atoms with Crippen molar-refractivity contribution in [2.45, 2.75) is 57.0 Å². The number of esters is 1. The van der Waals surface area contributed by atoms with Gasteiger partial charge >= 0.3 is 5.97 Å². The molecule has 1 unspecified atom stereocenters. The average Bonchev–Trinajstić information content (AvgIpc) is 3.07. The Morgan fingerprint density at radius 3 is 2.40 bits per heavy atom. The Bertz CT molecular complexity index is 641. The lowest BCUT2D eigenvalue weighted by Crippen LogP contribution is -2.48. The first-order chi connectivity index (χ1) is 11.9. The lowest BCUT2D eigenvalue weighted by atomic mass is 9.76. The molecule has 1 aliphatic carbocycles. The highest BCUT2D eigenvalue weighted by Crippen LogP contribution is 2.44. The molecular weight excluding hydrogens is 330 g/mol. The number of ether oxygens (including phenoxy) is 2. The Balaban J connectivity index is 1.81. The van der Waals surface area contributed by atoms with E-state index in [1.165, 1.54) is 19.2 Å². The van der Waals surface area contributed by atoms with Crippen molar-refractivity contribution in [2.24, 2.45) is 5.92 Å². The lowest BCUT2D eigenvalue weighted by molar-refractivity contribution is -0.178. The van der Waals surface area contributed by atoms with Crippen LogP contribution in [0.4, 0.5) is 8.78 Å². The molecule has 3 rings (SSSR count). The smallest absolute Gasteiger partial charge is 0.313 e. The van der Waals surface area contributed by atoms with Gasteiger partial charge in [-0.1, -0.05) is 12.8 Å². The van der Waals surface area contributed by atoms with Gasteiger partial charge in [0.25, 0.3) is 0 Å². The first kappa shape index (κ1) is 17.8. The Kier molecular flexibility index (Phi) is 5.06. The highest BCUT2D eigenvalue weighted by molar-refractivity contribution is 5.98. The third kappa shape index (κ3) is 3.67. The molecular formula is C19H22F2O4. The van der Waals surface area contributed by atoms with E-state index in [1.54, 1.807) is 0 Å². The minimum Gasteiger partial charge on any atom is -0.491 e. The van der Waals surface area contributed by atoms with Crippen LogP contribution in [-0.4, -0.2) is 24.5 Å². The summed E-state index contributed by atoms with van der Waals surface area (Å²) in [6.45, 7) is 0. The third-order valence-corrected chi connectivity index (χ3v) is 5.35. The van der Waals surface area contributed by atoms with Crippen LogP contribution in [0.3, 0.4) is 0 Å². The van der Waals surface area contributed by atoms with Crippen LogP contribution in [0.2, 0.25) is 0 Å². The normalized spacial score (nSPS) is 24.4. The molecule has 4 nitrogen and oxygen atoms in total. The summed E-state index contributed by atoms with van der Waals surface area (Å²) in [5.74, 6) is -2.40. The van der Waals surface area contributed by atoms with Crippen molar-refractivity contribution < 1.29 is 27.8 Å². The van der Waals surface area contributed by atoms with Crippen LogP contribution < -0.4 is 4.74 Å². The third-order valence-electron chi connectivity index (χ3n) is 5.35. The first-order valence-corrected chi connectivity index (χ1v) is 8.69. The second-order valence-corrected chi connectivity index (χ2v) is 7.01. The highest BCUT2D eigenvalue weighted by Gasteiger charge is 2.47. The molecule has 0 aromatic heterocycles. The number of ketones is 1. The van der Waals surface area contributed by atoms with Gasteiger partial charge in [0.1, 0.15) is 17.8 Å². The van der Waals surface area contributed by atoms with Gasteiger partial charge in [-0.05, 0) is 49.3 Å². The van der Waals surface area contributed by atoms with E-state index in [2.05, 4.69) is 0 Å². The SMILES string of the molecule is COc1c(F)cc(CCC2(C3CCCC3)CC(=O)CC(=O)O2)cc1F. The van der Waals surface area contributed by atoms with Gasteiger partial charge in [-0.25, -0.2) is 8.78 Å². The Labute approximate surface area is 145 Å². The van der Waals surface area contributed by atoms with E-state index < -0.39 is 29.0 Å². The van der Waals surface area contributed by atoms with Crippen LogP contribution in [0.5, 0.6) is 5.75 Å². The Morgan fingerprint density at radius 1 is 1.20 bits per heavy atom. The fourth-order valence-electron chi connectivity index (χ4n) is 4.19. The second-order valence-electron chi connectivity index (χ2n) is 7.01. The van der Waals surface area contributed by atoms with E-state index in [4.69, 9.17) is 9.47 Å². The monoisotopic (exact) mass is 352 g/mol. The molecule has 1 aliphatic heterocycles. The molecule has 1 aromatic carbocycles. The summed E-state index contributed by atoms with van der Waals surface area (Å²) in [4.78, 5) is 23.9. The minimum absolute atomic E-state index is 0.116. The lowest BCUT2D eigenvalue weighted by Gasteiger charge is -2.41. The summed E-state index contributed by atoms with van der Waals surface area (Å²) >= 11 is 0. The number of hydrogen-bond acceptors (Lipinski definition) is 4. The molecule has 2 aliphatic rings. The van der Waals surface area contributed by atoms with Crippen LogP contribution in [0.1, 0.15) is 50.5 Å². The maximum Gasteiger partial charge on any atom is 0.313 e. The van der Waals surface area contributed by atoms with Gasteiger partial charge in [-0.15, -0.1) is 0 Å². The number of cyclic esters (lactones) is 1. The molecule has 1 saturated carbocycles. The summed E-state index contributed by atoms with van der Waals surface area (Å²) in [7, 11) is 1.21. The van der Waals surface area contributed by atoms with Crippen molar-refractivity contribution in [3.63, 3.8) is 0 Å². The molecule has 1 heterocycles. The van der Waals surface area contributed by atoms with E-state index in [0.29, 0.717) is 18.4 Å². The Morgan fingerprint density at radius 2 is 1.84 bits per heavy atom. The molecule has 2 fully saturated rings. The molecule has 0 amide bonds. The largest absolute Gasteiger partial charge is 0.491 e. The maximum atomic E-state index is 13.9. The molecule has 0 bridgehead atoms. The Hall–Kier alpha value is -1.98. The van der Waals surface area contributed by atoms with Crippen molar-refractivity contribution in [2.75, 3.05) is 7.11 Å². The molecule has 0 N–H and O–H groups in total. The maximum absolute atomic E-state index is 13.9. The number of Topliss-reactive ketones (excluding diaryl/α,β-unsaturated/α-hetero) is 1. The van der Waals surface area contributed by atoms with Crippen LogP contribution in [0, 0.1) is 17.6 Å². The zero-order chi connectivity index (χ0) is 18.0. The number of benzene rings is 1. The van der Waals surface area contributed by atoms with Crippen molar-refractivity contribution in [1.29, 1.82) is 0 Å². The van der Waals surface area contributed by atoms with Gasteiger partial charge in [0.2, 0.25) is 0 Å². The highest BCUT2D eigenvalue weighted by atomic mass is 19.1. The number of methoxy groups -OCH3 is 1. The van der Waals surface area contributed by atoms with E-state index in [9.17, 15) is 18.4 Å². The molecule has 1 atom stereocenters. The van der Waals surface area contributed by atoms with Gasteiger partial charge in [0.15, 0.2) is 17.4 Å². The molecule has 1 aromatic rings. The quantitative estimate of drug-likeness (QED) is 0.598. The molecule has 6 heteroatoms. The predicted molar refractivity (Wildman–Crippen MR) is 86.3 cm³/mol. The van der Waals surface area contributed by atoms with Crippen LogP contribution in [0.15, 0.2) is 12.1 Å². The van der Waals surface area contributed by atoms with E-state index in [0.717, 1.165) is 25.7 Å². The predicted octanol–water partition coefficient (Wildman–Crippen LogP) is 3.74. The van der Waals surface area contributed by atoms with Crippen molar-refractivity contribution in [3.8, 4) is 5.75 Å². The van der Waals surface area contributed by atoms with Crippen molar-refractivity contribution >= 4 is 11.8 Å². The van der Waals surface area contributed by atoms with E-state index in [1.807, 2.05) is 0 Å². The van der Waals surface area contributed by atoms with Crippen LogP contribution in [0.25, 0.3) is 0 Å². The number of aryl methyl sites for hydroxylation is 1. The first-order valence-electron chi connectivity index (χ1n) is 8.69. The number of carbonyl (C=O) groups excluding carboxylic acids is 2. The van der Waals surface area contributed by atoms with E-state index in [-0.39, 0.29) is 24.5 Å². The molecule has 0 spiro atoms. The molecule has 1 saturated heterocycles. The van der Waals surface area contributed by atoms with Gasteiger partial charge < -0.3 is 9.47 Å². The summed E-state index contributed by atoms with van der Waals surface area (Å²) in [5, 5.41) is 0.